The summed E-state index contributed by atoms with van der Waals surface area (Å²) in [6.45, 7) is 8.87. The van der Waals surface area contributed by atoms with Crippen LogP contribution in [0.4, 0.5) is 5.69 Å². The van der Waals surface area contributed by atoms with Crippen LogP contribution in [-0.4, -0.2) is 32.0 Å². The summed E-state index contributed by atoms with van der Waals surface area (Å²) < 4.78 is 2.12. The molecule has 0 bridgehead atoms. The summed E-state index contributed by atoms with van der Waals surface area (Å²) in [5.74, 6) is -0.0824. The second-order valence-electron chi connectivity index (χ2n) is 11.6. The molecule has 184 valence electrons. The normalized spacial score (nSPS) is 21.1. The highest BCUT2D eigenvalue weighted by molar-refractivity contribution is 5.91. The molecule has 0 radical (unpaired) electrons. The highest BCUT2D eigenvalue weighted by atomic mass is 16.4. The molecule has 2 fully saturated rings. The molecule has 2 aliphatic carbocycles. The lowest BCUT2D eigenvalue weighted by molar-refractivity contribution is -0.137. The molecule has 2 N–H and O–H groups in total. The molecule has 1 unspecified atom stereocenters. The Hall–Kier alpha value is -2.70. The molecule has 2 aromatic rings. The number of carbonyl (C=O) groups is 2. The van der Waals surface area contributed by atoms with Crippen molar-refractivity contribution in [1.29, 1.82) is 0 Å². The van der Waals surface area contributed by atoms with Crippen LogP contribution in [-0.2, 0) is 9.59 Å². The van der Waals surface area contributed by atoms with Crippen LogP contribution in [0.3, 0.4) is 0 Å². The van der Waals surface area contributed by atoms with Gasteiger partial charge in [-0.15, -0.1) is 5.10 Å². The molecular weight excluding hydrogens is 428 g/mol. The summed E-state index contributed by atoms with van der Waals surface area (Å²) in [6, 6.07) is 8.05. The van der Waals surface area contributed by atoms with E-state index in [-0.39, 0.29) is 24.7 Å². The minimum atomic E-state index is -0.853. The highest BCUT2D eigenvalue weighted by Gasteiger charge is 2.40. The van der Waals surface area contributed by atoms with E-state index in [0.717, 1.165) is 48.3 Å². The number of aliphatic carboxylic acids is 1. The van der Waals surface area contributed by atoms with E-state index >= 15 is 0 Å². The smallest absolute Gasteiger partial charge is 0.303 e. The van der Waals surface area contributed by atoms with Crippen LogP contribution in [0.25, 0.3) is 0 Å². The second kappa shape index (κ2) is 9.88. The van der Waals surface area contributed by atoms with Gasteiger partial charge in [0.1, 0.15) is 0 Å². The largest absolute Gasteiger partial charge is 0.481 e. The molecule has 1 aromatic carbocycles. The first kappa shape index (κ1) is 24.4. The zero-order chi connectivity index (χ0) is 24.5. The Balaban J connectivity index is 1.50. The summed E-state index contributed by atoms with van der Waals surface area (Å²) in [4.78, 5) is 24.2. The van der Waals surface area contributed by atoms with Crippen molar-refractivity contribution in [3.8, 4) is 0 Å². The molecule has 2 aliphatic rings. The number of aromatic nitrogens is 3. The zero-order valence-corrected chi connectivity index (χ0v) is 20.9. The van der Waals surface area contributed by atoms with Gasteiger partial charge < -0.3 is 10.4 Å². The van der Waals surface area contributed by atoms with Gasteiger partial charge in [0.15, 0.2) is 0 Å². The van der Waals surface area contributed by atoms with Crippen LogP contribution in [0, 0.1) is 18.3 Å². The topological polar surface area (TPSA) is 97.1 Å². The van der Waals surface area contributed by atoms with Crippen LogP contribution < -0.4 is 5.32 Å². The number of nitrogens with one attached hydrogen (secondary N) is 1. The van der Waals surface area contributed by atoms with Crippen molar-refractivity contribution >= 4 is 17.6 Å². The summed E-state index contributed by atoms with van der Waals surface area (Å²) in [6.07, 6.45) is 6.27. The van der Waals surface area contributed by atoms with E-state index in [1.807, 2.05) is 31.2 Å². The van der Waals surface area contributed by atoms with Gasteiger partial charge in [-0.25, -0.2) is 4.68 Å². The fraction of sp³-hybridized carbons (Fsp3) is 0.630. The average Bonchev–Trinajstić information content (AvgIpc) is 3.47. The molecular formula is C27H38N4O3. The number of carboxylic acid groups (broad SMARTS) is 1. The predicted molar refractivity (Wildman–Crippen MR) is 132 cm³/mol. The fourth-order valence-electron chi connectivity index (χ4n) is 5.27. The van der Waals surface area contributed by atoms with E-state index in [2.05, 4.69) is 41.1 Å². The van der Waals surface area contributed by atoms with Gasteiger partial charge in [-0.1, -0.05) is 43.7 Å². The first-order valence-electron chi connectivity index (χ1n) is 12.6. The molecule has 0 aliphatic heterocycles. The summed E-state index contributed by atoms with van der Waals surface area (Å²) in [7, 11) is 0. The minimum Gasteiger partial charge on any atom is -0.481 e. The van der Waals surface area contributed by atoms with E-state index in [9.17, 15) is 14.7 Å². The molecule has 2 saturated carbocycles. The lowest BCUT2D eigenvalue weighted by atomic mass is 9.71. The molecule has 1 heterocycles. The molecule has 1 amide bonds. The molecule has 7 nitrogen and oxygen atoms in total. The summed E-state index contributed by atoms with van der Waals surface area (Å²) in [5.41, 5.74) is 4.19. The van der Waals surface area contributed by atoms with E-state index in [1.54, 1.807) is 0 Å². The van der Waals surface area contributed by atoms with Crippen molar-refractivity contribution in [1.82, 2.24) is 15.0 Å². The molecule has 4 rings (SSSR count). The van der Waals surface area contributed by atoms with Gasteiger partial charge >= 0.3 is 5.97 Å². The van der Waals surface area contributed by atoms with Crippen molar-refractivity contribution in [2.24, 2.45) is 11.3 Å². The number of aryl methyl sites for hydroxylation is 1. The van der Waals surface area contributed by atoms with Gasteiger partial charge in [0.25, 0.3) is 0 Å². The Bertz CT molecular complexity index is 1010. The average molecular weight is 467 g/mol. The van der Waals surface area contributed by atoms with Gasteiger partial charge in [-0.05, 0) is 68.9 Å². The maximum Gasteiger partial charge on any atom is 0.303 e. The number of hydrogen-bond donors (Lipinski definition) is 2. The van der Waals surface area contributed by atoms with Gasteiger partial charge in [0.2, 0.25) is 5.91 Å². The Morgan fingerprint density at radius 3 is 2.44 bits per heavy atom. The monoisotopic (exact) mass is 466 g/mol. The summed E-state index contributed by atoms with van der Waals surface area (Å²) >= 11 is 0. The van der Waals surface area contributed by atoms with Crippen LogP contribution >= 0.6 is 0 Å². The first-order valence-corrected chi connectivity index (χ1v) is 12.6. The Morgan fingerprint density at radius 1 is 1.18 bits per heavy atom. The molecule has 34 heavy (non-hydrogen) atoms. The number of benzene rings is 1. The minimum absolute atomic E-state index is 0.0104. The van der Waals surface area contributed by atoms with Gasteiger partial charge in [0.05, 0.1) is 17.4 Å². The molecule has 7 heteroatoms. The molecule has 0 spiro atoms. The quantitative estimate of drug-likeness (QED) is 0.459. The number of amides is 1. The van der Waals surface area contributed by atoms with E-state index in [4.69, 9.17) is 0 Å². The van der Waals surface area contributed by atoms with Gasteiger partial charge in [-0.3, -0.25) is 9.59 Å². The Morgan fingerprint density at radius 2 is 1.85 bits per heavy atom. The number of rotatable bonds is 10. The van der Waals surface area contributed by atoms with Crippen LogP contribution in [0.1, 0.15) is 107 Å². The number of hydrogen-bond acceptors (Lipinski definition) is 4. The second-order valence-corrected chi connectivity index (χ2v) is 11.6. The number of nitrogens with zero attached hydrogens (tertiary/aromatic N) is 3. The van der Waals surface area contributed by atoms with Crippen molar-refractivity contribution < 1.29 is 14.7 Å². The zero-order valence-electron chi connectivity index (χ0n) is 20.9. The van der Waals surface area contributed by atoms with Crippen LogP contribution in [0.15, 0.2) is 24.3 Å². The Labute approximate surface area is 202 Å². The van der Waals surface area contributed by atoms with E-state index < -0.39 is 5.97 Å². The SMILES string of the molecule is Cc1ccc(NC(=O)CC(CCC(=O)O)c2nnn(C3CC(CC(C)(C)C)C3)c2C2CC2)cc1. The highest BCUT2D eigenvalue weighted by Crippen LogP contribution is 2.49. The number of carboxylic acids is 1. The Kier molecular flexibility index (Phi) is 7.10. The standard InChI is InChI=1S/C27H38N4O3/c1-17-5-10-21(11-6-17)28-23(32)15-20(9-12-24(33)34)25-26(19-7-8-19)31(30-29-25)22-13-18(14-22)16-27(2,3)4/h5-6,10-11,18-20,22H,7-9,12-16H2,1-4H3,(H,28,32)(H,33,34). The van der Waals surface area contributed by atoms with E-state index in [0.29, 0.717) is 29.7 Å². The molecule has 1 aromatic heterocycles. The third-order valence-corrected chi connectivity index (χ3v) is 7.04. The number of carbonyl (C=O) groups excluding carboxylic acids is 1. The van der Waals surface area contributed by atoms with Crippen molar-refractivity contribution in [2.75, 3.05) is 5.32 Å². The van der Waals surface area contributed by atoms with E-state index in [1.165, 1.54) is 6.42 Å². The fourth-order valence-corrected chi connectivity index (χ4v) is 5.27. The van der Waals surface area contributed by atoms with Gasteiger partial charge in [0, 0.05) is 30.4 Å². The van der Waals surface area contributed by atoms with Crippen molar-refractivity contribution in [2.45, 2.75) is 96.9 Å². The van der Waals surface area contributed by atoms with Crippen molar-refractivity contribution in [3.05, 3.63) is 41.2 Å². The first-order chi connectivity index (χ1) is 16.1. The lowest BCUT2D eigenvalue weighted by Gasteiger charge is -2.39. The maximum absolute atomic E-state index is 12.9. The van der Waals surface area contributed by atoms with Crippen LogP contribution in [0.5, 0.6) is 0 Å². The molecule has 0 saturated heterocycles. The summed E-state index contributed by atoms with van der Waals surface area (Å²) in [5, 5.41) is 21.4. The maximum atomic E-state index is 12.9. The predicted octanol–water partition coefficient (Wildman–Crippen LogP) is 5.83. The molecule has 1 atom stereocenters. The number of anilines is 1. The third-order valence-electron chi connectivity index (χ3n) is 7.04. The lowest BCUT2D eigenvalue weighted by Crippen LogP contribution is -2.31. The third kappa shape index (κ3) is 6.24. The van der Waals surface area contributed by atoms with Gasteiger partial charge in [-0.2, -0.15) is 0 Å². The van der Waals surface area contributed by atoms with Crippen LogP contribution in [0.2, 0.25) is 0 Å². The van der Waals surface area contributed by atoms with Crippen molar-refractivity contribution in [3.63, 3.8) is 0 Å².